The maximum absolute atomic E-state index is 5.75. The number of aromatic nitrogens is 7. The largest absolute Gasteiger partial charge is 0.307 e. The maximum Gasteiger partial charge on any atom is 0.240 e. The maximum atomic E-state index is 5.75. The molecule has 10 aromatic carbocycles. The van der Waals surface area contributed by atoms with E-state index in [1.165, 1.54) is 16.3 Å². The third-order valence-electron chi connectivity index (χ3n) is 15.2. The van der Waals surface area contributed by atoms with Gasteiger partial charge in [-0.2, -0.15) is 15.0 Å². The Balaban J connectivity index is 1.07. The summed E-state index contributed by atoms with van der Waals surface area (Å²) in [7, 11) is 0. The number of rotatable bonds is 6. The van der Waals surface area contributed by atoms with Crippen LogP contribution in [0.1, 0.15) is 26.3 Å². The average Bonchev–Trinajstić information content (AvgIpc) is 4.22. The van der Waals surface area contributed by atoms with E-state index < -0.39 is 0 Å². The normalized spacial score (nSPS) is 12.3. The quantitative estimate of drug-likeness (QED) is 0.167. The topological polar surface area (TPSA) is 58.4 Å². The van der Waals surface area contributed by atoms with Gasteiger partial charge in [0, 0.05) is 60.0 Å². The molecule has 0 aliphatic heterocycles. The van der Waals surface area contributed by atoms with Crippen molar-refractivity contribution in [2.45, 2.75) is 26.2 Å². The van der Waals surface area contributed by atoms with E-state index in [2.05, 4.69) is 270 Å². The lowest BCUT2D eigenvalue weighted by atomic mass is 9.86. The van der Waals surface area contributed by atoms with Gasteiger partial charge < -0.3 is 9.13 Å². The molecule has 0 spiro atoms. The van der Waals surface area contributed by atoms with Crippen molar-refractivity contribution in [2.75, 3.05) is 0 Å². The lowest BCUT2D eigenvalue weighted by molar-refractivity contribution is 0.590. The molecule has 0 saturated heterocycles. The molecule has 0 aliphatic rings. The van der Waals surface area contributed by atoms with Crippen LogP contribution in [0.3, 0.4) is 0 Å². The van der Waals surface area contributed by atoms with Gasteiger partial charge in [0.25, 0.3) is 0 Å². The van der Waals surface area contributed by atoms with Crippen molar-refractivity contribution in [3.8, 4) is 45.8 Å². The van der Waals surface area contributed by atoms with E-state index in [0.717, 1.165) is 105 Å². The molecular weight excluding hydrogens is 903 g/mol. The van der Waals surface area contributed by atoms with Crippen molar-refractivity contribution in [3.63, 3.8) is 0 Å². The molecule has 74 heavy (non-hydrogen) atoms. The molecule has 0 N–H and O–H groups in total. The first-order valence-electron chi connectivity index (χ1n) is 25.4. The highest BCUT2D eigenvalue weighted by Crippen LogP contribution is 2.44. The highest BCUT2D eigenvalue weighted by molar-refractivity contribution is 6.25. The Bertz CT molecular complexity index is 4470. The molecular formula is C67H47N7. The minimum absolute atomic E-state index is 0.0665. The van der Waals surface area contributed by atoms with E-state index in [-0.39, 0.29) is 5.41 Å². The summed E-state index contributed by atoms with van der Waals surface area (Å²) in [5.74, 6) is 1.62. The predicted octanol–water partition coefficient (Wildman–Crippen LogP) is 16.9. The minimum atomic E-state index is 0.0665. The zero-order valence-electron chi connectivity index (χ0n) is 41.1. The van der Waals surface area contributed by atoms with Gasteiger partial charge in [-0.3, -0.25) is 9.13 Å². The first kappa shape index (κ1) is 42.1. The Morgan fingerprint density at radius 3 is 0.959 bits per heavy atom. The zero-order valence-corrected chi connectivity index (χ0v) is 41.1. The van der Waals surface area contributed by atoms with Crippen LogP contribution >= 0.6 is 0 Å². The zero-order chi connectivity index (χ0) is 49.2. The van der Waals surface area contributed by atoms with Crippen LogP contribution < -0.4 is 0 Å². The molecule has 5 aromatic heterocycles. The van der Waals surface area contributed by atoms with Gasteiger partial charge >= 0.3 is 0 Å². The van der Waals surface area contributed by atoms with Crippen molar-refractivity contribution in [3.05, 3.63) is 236 Å². The average molecular weight is 950 g/mol. The second kappa shape index (κ2) is 16.0. The fourth-order valence-corrected chi connectivity index (χ4v) is 11.8. The number of para-hydroxylation sites is 6. The molecule has 0 unspecified atom stereocenters. The van der Waals surface area contributed by atoms with Gasteiger partial charge in [0.15, 0.2) is 5.82 Å². The molecule has 0 amide bonds. The minimum Gasteiger partial charge on any atom is -0.307 e. The Hall–Kier alpha value is -9.59. The first-order valence-corrected chi connectivity index (χ1v) is 25.4. The number of benzene rings is 10. The summed E-state index contributed by atoms with van der Waals surface area (Å²) in [5, 5.41) is 9.13. The van der Waals surface area contributed by atoms with Gasteiger partial charge in [0.1, 0.15) is 0 Å². The summed E-state index contributed by atoms with van der Waals surface area (Å²) in [6, 6.07) is 82.9. The summed E-state index contributed by atoms with van der Waals surface area (Å²) >= 11 is 0. The van der Waals surface area contributed by atoms with E-state index in [4.69, 9.17) is 15.0 Å². The predicted molar refractivity (Wildman–Crippen MR) is 307 cm³/mol. The Kier molecular flexibility index (Phi) is 9.08. The number of hydrogen-bond acceptors (Lipinski definition) is 3. The van der Waals surface area contributed by atoms with Crippen LogP contribution in [-0.2, 0) is 5.41 Å². The lowest BCUT2D eigenvalue weighted by Crippen LogP contribution is -2.11. The highest BCUT2D eigenvalue weighted by atomic mass is 15.3. The van der Waals surface area contributed by atoms with Crippen LogP contribution in [0.2, 0.25) is 0 Å². The van der Waals surface area contributed by atoms with Gasteiger partial charge in [-0.05, 0) is 70.6 Å². The lowest BCUT2D eigenvalue weighted by Gasteiger charge is -2.19. The van der Waals surface area contributed by atoms with Crippen LogP contribution in [0, 0.1) is 0 Å². The van der Waals surface area contributed by atoms with Gasteiger partial charge in [-0.15, -0.1) is 0 Å². The molecule has 5 heterocycles. The fourth-order valence-electron chi connectivity index (χ4n) is 11.8. The van der Waals surface area contributed by atoms with Crippen molar-refractivity contribution < 1.29 is 0 Å². The molecule has 0 radical (unpaired) electrons. The van der Waals surface area contributed by atoms with Gasteiger partial charge in [-0.1, -0.05) is 203 Å². The monoisotopic (exact) mass is 949 g/mol. The standard InChI is InChI=1S/C67H47N7/c1-67(2,3)45-36-34-43(35-37-45)42-30-32-44(33-31-42)64-68-65(73-58-28-16-12-24-50(58)54-40-38-52-48-22-10-14-26-56(48)71(60(52)62(54)73)46-18-6-4-7-19-46)70-66(69-64)74-59-29-17-13-25-51(59)55-41-39-53-49-23-11-15-27-57(49)72(61(53)63(55)74)47-20-8-5-9-21-47/h4-41H,1-3H3. The molecule has 0 fully saturated rings. The van der Waals surface area contributed by atoms with Gasteiger partial charge in [-0.25, -0.2) is 0 Å². The van der Waals surface area contributed by atoms with E-state index in [9.17, 15) is 0 Å². The second-order valence-corrected chi connectivity index (χ2v) is 20.5. The number of hydrogen-bond donors (Lipinski definition) is 0. The van der Waals surface area contributed by atoms with Crippen molar-refractivity contribution in [1.29, 1.82) is 0 Å². The van der Waals surface area contributed by atoms with Crippen molar-refractivity contribution in [2.24, 2.45) is 0 Å². The third kappa shape index (κ3) is 6.23. The van der Waals surface area contributed by atoms with Crippen LogP contribution in [-0.4, -0.2) is 33.2 Å². The summed E-state index contributed by atoms with van der Waals surface area (Å²) in [5.41, 5.74) is 15.2. The number of fused-ring (bicyclic) bond motifs is 14. The molecule has 0 saturated carbocycles. The molecule has 15 aromatic rings. The smallest absolute Gasteiger partial charge is 0.240 e. The summed E-state index contributed by atoms with van der Waals surface area (Å²) < 4.78 is 9.39. The van der Waals surface area contributed by atoms with E-state index in [1.54, 1.807) is 0 Å². The molecule has 15 rings (SSSR count). The van der Waals surface area contributed by atoms with Crippen LogP contribution in [0.4, 0.5) is 0 Å². The first-order chi connectivity index (χ1) is 36.4. The Morgan fingerprint density at radius 2 is 0.581 bits per heavy atom. The molecule has 0 atom stereocenters. The van der Waals surface area contributed by atoms with Crippen molar-refractivity contribution in [1.82, 2.24) is 33.2 Å². The highest BCUT2D eigenvalue weighted by Gasteiger charge is 2.27. The third-order valence-corrected chi connectivity index (χ3v) is 15.2. The summed E-state index contributed by atoms with van der Waals surface area (Å²) in [6.45, 7) is 6.76. The van der Waals surface area contributed by atoms with E-state index in [0.29, 0.717) is 17.7 Å². The van der Waals surface area contributed by atoms with E-state index in [1.807, 2.05) is 0 Å². The van der Waals surface area contributed by atoms with Crippen LogP contribution in [0.25, 0.3) is 133 Å². The van der Waals surface area contributed by atoms with Crippen molar-refractivity contribution >= 4 is 87.2 Å². The second-order valence-electron chi connectivity index (χ2n) is 20.5. The fraction of sp³-hybridized carbons (Fsp3) is 0.0597. The van der Waals surface area contributed by atoms with Crippen LogP contribution in [0.5, 0.6) is 0 Å². The van der Waals surface area contributed by atoms with E-state index >= 15 is 0 Å². The SMILES string of the molecule is CC(C)(C)c1ccc(-c2ccc(-c3nc(-n4c5ccccc5c5ccc6c7ccccc7n(-c7ccccc7)c6c54)nc(-n4c5ccccc5c5ccc6c7ccccc7n(-c7ccccc7)c6c54)n3)cc2)cc1. The molecule has 7 heteroatoms. The number of nitrogens with zero attached hydrogens (tertiary/aromatic N) is 7. The van der Waals surface area contributed by atoms with Gasteiger partial charge in [0.2, 0.25) is 11.9 Å². The molecule has 0 aliphatic carbocycles. The molecule has 350 valence electrons. The Morgan fingerprint density at radius 1 is 0.270 bits per heavy atom. The summed E-state index contributed by atoms with van der Waals surface area (Å²) in [4.78, 5) is 16.9. The Labute approximate surface area is 426 Å². The van der Waals surface area contributed by atoms with Gasteiger partial charge in [0.05, 0.1) is 44.1 Å². The van der Waals surface area contributed by atoms with Crippen LogP contribution in [0.15, 0.2) is 231 Å². The molecule has 0 bridgehead atoms. The summed E-state index contributed by atoms with van der Waals surface area (Å²) in [6.07, 6.45) is 0. The molecule has 7 nitrogen and oxygen atoms in total.